The Bertz CT molecular complexity index is 1670. The molecule has 0 unspecified atom stereocenters. The van der Waals surface area contributed by atoms with Crippen LogP contribution in [-0.2, 0) is 9.59 Å². The summed E-state index contributed by atoms with van der Waals surface area (Å²) in [6, 6.07) is 28.0. The van der Waals surface area contributed by atoms with Crippen LogP contribution in [0.4, 0.5) is 0 Å². The van der Waals surface area contributed by atoms with Crippen molar-refractivity contribution in [3.8, 4) is 0 Å². The molecule has 0 spiro atoms. The van der Waals surface area contributed by atoms with Crippen LogP contribution in [0.25, 0.3) is 0 Å². The predicted molar refractivity (Wildman–Crippen MR) is 158 cm³/mol. The zero-order chi connectivity index (χ0) is 29.3. The molecule has 6 nitrogen and oxygen atoms in total. The van der Waals surface area contributed by atoms with Gasteiger partial charge in [-0.1, -0.05) is 90.0 Å². The van der Waals surface area contributed by atoms with Crippen LogP contribution in [0, 0.1) is 18.8 Å². The molecule has 0 N–H and O–H groups in total. The molecule has 1 aliphatic heterocycles. The summed E-state index contributed by atoms with van der Waals surface area (Å²) in [6.07, 6.45) is 0. The second-order valence-electron chi connectivity index (χ2n) is 11.3. The first-order valence-corrected chi connectivity index (χ1v) is 14.4. The number of carbonyl (C=O) groups excluding carboxylic acids is 4. The third kappa shape index (κ3) is 3.78. The molecule has 7 heteroatoms. The second kappa shape index (κ2) is 9.78. The number of nitrogens with zero attached hydrogens (tertiary/aromatic N) is 2. The Labute approximate surface area is 248 Å². The Balaban J connectivity index is 1.35. The standard InChI is InChI=1S/C35H27ClN2O4/c1-19-11-13-21(14-12-19)32(39)20(2)37(33(40)22-15-17-23(36)18-16-22)38-34(41)30-28-24-7-3-4-8-25(24)29(31(30)35(38)42)27-10-6-5-9-26(27)28/h3-18,20,28-31H,1-2H3/t20-,28?,29?,30-,31-/m0/s1. The van der Waals surface area contributed by atoms with E-state index in [1.165, 1.54) is 12.1 Å². The van der Waals surface area contributed by atoms with Crippen molar-refractivity contribution in [3.05, 3.63) is 141 Å². The lowest BCUT2D eigenvalue weighted by molar-refractivity contribution is -0.156. The van der Waals surface area contributed by atoms with Crippen molar-refractivity contribution in [1.29, 1.82) is 0 Å². The normalized spacial score (nSPS) is 22.3. The minimum absolute atomic E-state index is 0.216. The van der Waals surface area contributed by atoms with E-state index in [0.717, 1.165) is 37.8 Å². The molecular weight excluding hydrogens is 548 g/mol. The van der Waals surface area contributed by atoms with Crippen LogP contribution in [0.3, 0.4) is 0 Å². The van der Waals surface area contributed by atoms with E-state index in [0.29, 0.717) is 10.6 Å². The van der Waals surface area contributed by atoms with Gasteiger partial charge < -0.3 is 0 Å². The molecule has 42 heavy (non-hydrogen) atoms. The molecule has 0 radical (unpaired) electrons. The van der Waals surface area contributed by atoms with Gasteiger partial charge in [0, 0.05) is 28.0 Å². The van der Waals surface area contributed by atoms with E-state index in [-0.39, 0.29) is 23.2 Å². The molecule has 1 fully saturated rings. The van der Waals surface area contributed by atoms with E-state index in [4.69, 9.17) is 11.6 Å². The van der Waals surface area contributed by atoms with Crippen LogP contribution in [-0.4, -0.2) is 39.6 Å². The molecule has 208 valence electrons. The quantitative estimate of drug-likeness (QED) is 0.211. The van der Waals surface area contributed by atoms with E-state index < -0.39 is 35.6 Å². The van der Waals surface area contributed by atoms with Crippen LogP contribution in [0.1, 0.15) is 67.3 Å². The highest BCUT2D eigenvalue weighted by Crippen LogP contribution is 2.61. The van der Waals surface area contributed by atoms with Gasteiger partial charge in [-0.2, -0.15) is 5.01 Å². The first-order chi connectivity index (χ1) is 20.3. The number of carbonyl (C=O) groups is 4. The number of aryl methyl sites for hydroxylation is 1. The van der Waals surface area contributed by atoms with Crippen molar-refractivity contribution in [2.75, 3.05) is 0 Å². The lowest BCUT2D eigenvalue weighted by Gasteiger charge is -2.45. The summed E-state index contributed by atoms with van der Waals surface area (Å²) in [6.45, 7) is 3.48. The molecule has 1 heterocycles. The van der Waals surface area contributed by atoms with Gasteiger partial charge in [-0.05, 0) is 60.4 Å². The van der Waals surface area contributed by atoms with Gasteiger partial charge in [-0.15, -0.1) is 0 Å². The number of benzene rings is 4. The van der Waals surface area contributed by atoms with Crippen LogP contribution < -0.4 is 0 Å². The average Bonchev–Trinajstić information content (AvgIpc) is 3.27. The van der Waals surface area contributed by atoms with Gasteiger partial charge in [-0.25, -0.2) is 5.01 Å². The molecule has 0 saturated carbocycles. The fourth-order valence-electron chi connectivity index (χ4n) is 7.11. The number of halogens is 1. The van der Waals surface area contributed by atoms with Gasteiger partial charge in [0.25, 0.3) is 17.7 Å². The van der Waals surface area contributed by atoms with Crippen molar-refractivity contribution in [2.45, 2.75) is 31.7 Å². The number of imide groups is 1. The number of Topliss-reactive ketones (excluding diaryl/α,β-unsaturated/α-hetero) is 1. The van der Waals surface area contributed by atoms with Gasteiger partial charge in [0.2, 0.25) is 0 Å². The Hall–Kier alpha value is -4.55. The lowest BCUT2D eigenvalue weighted by Crippen LogP contribution is -2.56. The largest absolute Gasteiger partial charge is 0.292 e. The molecule has 4 aliphatic rings. The van der Waals surface area contributed by atoms with Gasteiger partial charge >= 0.3 is 0 Å². The highest BCUT2D eigenvalue weighted by Gasteiger charge is 2.63. The highest BCUT2D eigenvalue weighted by molar-refractivity contribution is 6.30. The minimum Gasteiger partial charge on any atom is -0.292 e. The van der Waals surface area contributed by atoms with Crippen molar-refractivity contribution in [1.82, 2.24) is 10.0 Å². The van der Waals surface area contributed by atoms with Crippen molar-refractivity contribution in [3.63, 3.8) is 0 Å². The number of amides is 3. The number of hydrazine groups is 1. The molecule has 2 bridgehead atoms. The maximum Gasteiger partial charge on any atom is 0.273 e. The third-order valence-corrected chi connectivity index (χ3v) is 9.27. The van der Waals surface area contributed by atoms with Crippen LogP contribution in [0.5, 0.6) is 0 Å². The van der Waals surface area contributed by atoms with Gasteiger partial charge in [-0.3, -0.25) is 19.2 Å². The van der Waals surface area contributed by atoms with E-state index in [9.17, 15) is 19.2 Å². The summed E-state index contributed by atoms with van der Waals surface area (Å²) in [7, 11) is 0. The molecular formula is C35H27ClN2O4. The summed E-state index contributed by atoms with van der Waals surface area (Å²) < 4.78 is 0. The van der Waals surface area contributed by atoms with Gasteiger partial charge in [0.15, 0.2) is 5.78 Å². The topological polar surface area (TPSA) is 74.8 Å². The lowest BCUT2D eigenvalue weighted by atomic mass is 9.55. The predicted octanol–water partition coefficient (Wildman–Crippen LogP) is 6.17. The smallest absolute Gasteiger partial charge is 0.273 e. The van der Waals surface area contributed by atoms with Crippen LogP contribution >= 0.6 is 11.6 Å². The SMILES string of the molecule is Cc1ccc(C(=O)[C@H](C)N(C(=O)c2ccc(Cl)cc2)N2C(=O)[C@H]3C4c5ccccc5C(c5ccccc54)[C@@H]3C2=O)cc1. The molecule has 4 aromatic carbocycles. The minimum atomic E-state index is -1.13. The monoisotopic (exact) mass is 574 g/mol. The van der Waals surface area contributed by atoms with E-state index in [1.54, 1.807) is 31.2 Å². The maximum atomic E-state index is 14.5. The Morgan fingerprint density at radius 3 is 1.57 bits per heavy atom. The highest BCUT2D eigenvalue weighted by atomic mass is 35.5. The third-order valence-electron chi connectivity index (χ3n) is 9.02. The molecule has 8 rings (SSSR count). The van der Waals surface area contributed by atoms with Crippen molar-refractivity contribution >= 4 is 35.1 Å². The van der Waals surface area contributed by atoms with Crippen LogP contribution in [0.15, 0.2) is 97.1 Å². The maximum absolute atomic E-state index is 14.5. The second-order valence-corrected chi connectivity index (χ2v) is 11.8. The number of hydrogen-bond donors (Lipinski definition) is 0. The molecule has 1 saturated heterocycles. The number of hydrogen-bond acceptors (Lipinski definition) is 4. The molecule has 0 aromatic heterocycles. The molecule has 3 atom stereocenters. The summed E-state index contributed by atoms with van der Waals surface area (Å²) in [4.78, 5) is 56.9. The number of rotatable bonds is 5. The zero-order valence-electron chi connectivity index (χ0n) is 23.0. The van der Waals surface area contributed by atoms with Gasteiger partial charge in [0.1, 0.15) is 6.04 Å². The fraction of sp³-hybridized carbons (Fsp3) is 0.200. The van der Waals surface area contributed by atoms with E-state index >= 15 is 0 Å². The Kier molecular flexibility index (Phi) is 6.13. The Morgan fingerprint density at radius 2 is 1.12 bits per heavy atom. The first kappa shape index (κ1) is 26.4. The van der Waals surface area contributed by atoms with E-state index in [2.05, 4.69) is 0 Å². The fourth-order valence-corrected chi connectivity index (χ4v) is 7.23. The zero-order valence-corrected chi connectivity index (χ0v) is 23.8. The van der Waals surface area contributed by atoms with Crippen LogP contribution in [0.2, 0.25) is 5.02 Å². The molecule has 4 aromatic rings. The average molecular weight is 575 g/mol. The summed E-state index contributed by atoms with van der Waals surface area (Å²) in [5, 5.41) is 2.48. The van der Waals surface area contributed by atoms with Crippen molar-refractivity contribution in [2.24, 2.45) is 11.8 Å². The summed E-state index contributed by atoms with van der Waals surface area (Å²) in [5.74, 6) is -3.95. The molecule has 3 amide bonds. The molecule has 3 aliphatic carbocycles. The first-order valence-electron chi connectivity index (χ1n) is 14.0. The Morgan fingerprint density at radius 1 is 0.690 bits per heavy atom. The van der Waals surface area contributed by atoms with Gasteiger partial charge in [0.05, 0.1) is 11.8 Å². The number of ketones is 1. The van der Waals surface area contributed by atoms with E-state index in [1.807, 2.05) is 67.6 Å². The summed E-state index contributed by atoms with van der Waals surface area (Å²) >= 11 is 6.09. The summed E-state index contributed by atoms with van der Waals surface area (Å²) in [5.41, 5.74) is 5.72. The van der Waals surface area contributed by atoms with Crippen molar-refractivity contribution < 1.29 is 19.2 Å².